The number of carbonyl (C=O) groups excluding carboxylic acids is 2. The molecular weight excluding hydrogens is 557 g/mol. The summed E-state index contributed by atoms with van der Waals surface area (Å²) in [4.78, 5) is 27.6. The Kier molecular flexibility index (Phi) is 9.47. The second-order valence-corrected chi connectivity index (χ2v) is 11.4. The predicted octanol–water partition coefficient (Wildman–Crippen LogP) is 5.31. The van der Waals surface area contributed by atoms with Crippen LogP contribution >= 0.6 is 34.8 Å². The van der Waals surface area contributed by atoms with E-state index in [4.69, 9.17) is 34.8 Å². The maximum absolute atomic E-state index is 13.7. The number of halogens is 3. The lowest BCUT2D eigenvalue weighted by molar-refractivity contribution is -0.139. The van der Waals surface area contributed by atoms with Gasteiger partial charge in [0, 0.05) is 34.2 Å². The topological polar surface area (TPSA) is 86.8 Å². The van der Waals surface area contributed by atoms with Gasteiger partial charge in [0.1, 0.15) is 12.6 Å². The number of amides is 2. The molecule has 0 unspecified atom stereocenters. The third kappa shape index (κ3) is 6.76. The third-order valence-corrected chi connectivity index (χ3v) is 8.55. The van der Waals surface area contributed by atoms with Crippen LogP contribution in [0.5, 0.6) is 0 Å². The van der Waals surface area contributed by atoms with Crippen LogP contribution in [0, 0.1) is 6.92 Å². The van der Waals surface area contributed by atoms with E-state index in [-0.39, 0.29) is 17.1 Å². The molecule has 0 saturated carbocycles. The first-order valence-corrected chi connectivity index (χ1v) is 13.8. The van der Waals surface area contributed by atoms with Crippen LogP contribution in [0.4, 0.5) is 5.69 Å². The quantitative estimate of drug-likeness (QED) is 0.370. The van der Waals surface area contributed by atoms with Gasteiger partial charge in [0.05, 0.1) is 10.6 Å². The number of hydrogen-bond donors (Lipinski definition) is 1. The van der Waals surface area contributed by atoms with Gasteiger partial charge >= 0.3 is 0 Å². The molecule has 0 aliphatic rings. The van der Waals surface area contributed by atoms with Crippen molar-refractivity contribution in [3.8, 4) is 0 Å². The monoisotopic (exact) mass is 581 g/mol. The number of aryl methyl sites for hydroxylation is 1. The van der Waals surface area contributed by atoms with Crippen molar-refractivity contribution in [3.63, 3.8) is 0 Å². The summed E-state index contributed by atoms with van der Waals surface area (Å²) in [5.41, 5.74) is 1.56. The highest BCUT2D eigenvalue weighted by atomic mass is 35.5. The Hall–Kier alpha value is -2.78. The van der Waals surface area contributed by atoms with Crippen molar-refractivity contribution in [2.75, 3.05) is 17.9 Å². The van der Waals surface area contributed by atoms with Gasteiger partial charge in [-0.15, -0.1) is 0 Å². The fourth-order valence-electron chi connectivity index (χ4n) is 3.62. The highest BCUT2D eigenvalue weighted by Gasteiger charge is 2.32. The molecule has 37 heavy (non-hydrogen) atoms. The largest absolute Gasteiger partial charge is 0.357 e. The zero-order chi connectivity index (χ0) is 27.3. The SMILES string of the molecule is CNC(=O)[C@@H](C)N(Cc1c(Cl)cccc1Cl)C(=O)CN(c1ccc(Cl)cc1)S(=O)(=O)c1ccc(C)cc1. The minimum Gasteiger partial charge on any atom is -0.357 e. The Bertz CT molecular complexity index is 1360. The first-order valence-electron chi connectivity index (χ1n) is 11.2. The van der Waals surface area contributed by atoms with Crippen LogP contribution in [0.25, 0.3) is 0 Å². The first kappa shape index (κ1) is 28.8. The molecule has 0 saturated heterocycles. The highest BCUT2D eigenvalue weighted by Crippen LogP contribution is 2.29. The van der Waals surface area contributed by atoms with Crippen LogP contribution in [0.3, 0.4) is 0 Å². The van der Waals surface area contributed by atoms with E-state index >= 15 is 0 Å². The molecule has 1 atom stereocenters. The Morgan fingerprint density at radius 2 is 1.49 bits per heavy atom. The summed E-state index contributed by atoms with van der Waals surface area (Å²) in [6.45, 7) is 2.70. The molecule has 0 spiro atoms. The smallest absolute Gasteiger partial charge is 0.264 e. The summed E-state index contributed by atoms with van der Waals surface area (Å²) in [7, 11) is -2.71. The van der Waals surface area contributed by atoms with Crippen LogP contribution in [0.15, 0.2) is 71.6 Å². The number of benzene rings is 3. The number of hydrogen-bond acceptors (Lipinski definition) is 4. The summed E-state index contributed by atoms with van der Waals surface area (Å²) in [5.74, 6) is -1.06. The molecule has 7 nitrogen and oxygen atoms in total. The van der Waals surface area contributed by atoms with Crippen LogP contribution < -0.4 is 9.62 Å². The minimum absolute atomic E-state index is 0.0147. The van der Waals surface area contributed by atoms with Crippen molar-refractivity contribution in [1.29, 1.82) is 0 Å². The summed E-state index contributed by atoms with van der Waals surface area (Å²) in [6, 6.07) is 16.4. The highest BCUT2D eigenvalue weighted by molar-refractivity contribution is 7.92. The van der Waals surface area contributed by atoms with Crippen molar-refractivity contribution in [1.82, 2.24) is 10.2 Å². The van der Waals surface area contributed by atoms with Gasteiger partial charge in [-0.3, -0.25) is 13.9 Å². The van der Waals surface area contributed by atoms with Gasteiger partial charge < -0.3 is 10.2 Å². The molecule has 0 radical (unpaired) electrons. The van der Waals surface area contributed by atoms with Gasteiger partial charge in [-0.1, -0.05) is 58.6 Å². The van der Waals surface area contributed by atoms with Gasteiger partial charge in [-0.25, -0.2) is 8.42 Å². The Morgan fingerprint density at radius 1 is 0.919 bits per heavy atom. The van der Waals surface area contributed by atoms with E-state index in [2.05, 4.69) is 5.32 Å². The van der Waals surface area contributed by atoms with Gasteiger partial charge in [-0.2, -0.15) is 0 Å². The van der Waals surface area contributed by atoms with E-state index in [0.717, 1.165) is 9.87 Å². The van der Waals surface area contributed by atoms with E-state index < -0.39 is 34.4 Å². The van der Waals surface area contributed by atoms with E-state index in [1.807, 2.05) is 6.92 Å². The number of sulfonamides is 1. The van der Waals surface area contributed by atoms with Crippen molar-refractivity contribution in [2.24, 2.45) is 0 Å². The average Bonchev–Trinajstić information content (AvgIpc) is 2.87. The van der Waals surface area contributed by atoms with Gasteiger partial charge in [0.25, 0.3) is 10.0 Å². The van der Waals surface area contributed by atoms with E-state index in [1.54, 1.807) is 37.3 Å². The van der Waals surface area contributed by atoms with E-state index in [0.29, 0.717) is 20.6 Å². The lowest BCUT2D eigenvalue weighted by Crippen LogP contribution is -2.50. The van der Waals surface area contributed by atoms with Crippen molar-refractivity contribution >= 4 is 62.3 Å². The Balaban J connectivity index is 2.06. The molecule has 0 aliphatic carbocycles. The van der Waals surface area contributed by atoms with Gasteiger partial charge in [0.15, 0.2) is 0 Å². The van der Waals surface area contributed by atoms with E-state index in [1.165, 1.54) is 48.3 Å². The lowest BCUT2D eigenvalue weighted by Gasteiger charge is -2.32. The third-order valence-electron chi connectivity index (χ3n) is 5.81. The molecule has 196 valence electrons. The maximum Gasteiger partial charge on any atom is 0.264 e. The second kappa shape index (κ2) is 12.2. The summed E-state index contributed by atoms with van der Waals surface area (Å²) < 4.78 is 28.4. The molecule has 0 bridgehead atoms. The standard InChI is InChI=1S/C26H26Cl3N3O4S/c1-17-7-13-21(14-8-17)37(35,36)32(20-11-9-19(27)10-12-20)16-25(33)31(18(2)26(34)30-3)15-22-23(28)5-4-6-24(22)29/h4-14,18H,15-16H2,1-3H3,(H,30,34)/t18-/m1/s1. The normalized spacial score (nSPS) is 12.1. The first-order chi connectivity index (χ1) is 17.4. The minimum atomic E-state index is -4.16. The Morgan fingerprint density at radius 3 is 2.03 bits per heavy atom. The summed E-state index contributed by atoms with van der Waals surface area (Å²) in [5, 5.41) is 3.56. The number of anilines is 1. The van der Waals surface area contributed by atoms with E-state index in [9.17, 15) is 18.0 Å². The molecule has 0 aliphatic heterocycles. The number of nitrogens with zero attached hydrogens (tertiary/aromatic N) is 2. The molecule has 0 heterocycles. The van der Waals surface area contributed by atoms with Crippen LogP contribution in [0.1, 0.15) is 18.1 Å². The number of carbonyl (C=O) groups is 2. The fraction of sp³-hybridized carbons (Fsp3) is 0.231. The molecule has 2 amide bonds. The molecule has 3 rings (SSSR count). The molecular formula is C26H26Cl3N3O4S. The second-order valence-electron chi connectivity index (χ2n) is 8.31. The molecule has 0 aromatic heterocycles. The average molecular weight is 583 g/mol. The molecule has 0 fully saturated rings. The number of nitrogens with one attached hydrogen (secondary N) is 1. The molecule has 3 aromatic carbocycles. The lowest BCUT2D eigenvalue weighted by atomic mass is 10.1. The van der Waals surface area contributed by atoms with Crippen molar-refractivity contribution in [3.05, 3.63) is 92.9 Å². The fourth-order valence-corrected chi connectivity index (χ4v) is 5.68. The number of likely N-dealkylation sites (N-methyl/N-ethyl adjacent to an activating group) is 1. The van der Waals surface area contributed by atoms with Gasteiger partial charge in [-0.05, 0) is 62.4 Å². The zero-order valence-electron chi connectivity index (χ0n) is 20.4. The Labute approximate surface area is 232 Å². The molecule has 11 heteroatoms. The van der Waals surface area contributed by atoms with Gasteiger partial charge in [0.2, 0.25) is 11.8 Å². The molecule has 1 N–H and O–H groups in total. The zero-order valence-corrected chi connectivity index (χ0v) is 23.5. The number of rotatable bonds is 9. The maximum atomic E-state index is 13.7. The summed E-state index contributed by atoms with van der Waals surface area (Å²) >= 11 is 18.7. The van der Waals surface area contributed by atoms with Crippen molar-refractivity contribution in [2.45, 2.75) is 31.3 Å². The predicted molar refractivity (Wildman–Crippen MR) is 148 cm³/mol. The van der Waals surface area contributed by atoms with Crippen LogP contribution in [-0.4, -0.2) is 44.8 Å². The van der Waals surface area contributed by atoms with Crippen molar-refractivity contribution < 1.29 is 18.0 Å². The van der Waals surface area contributed by atoms with Crippen LogP contribution in [-0.2, 0) is 26.2 Å². The molecule has 3 aromatic rings. The van der Waals surface area contributed by atoms with Crippen LogP contribution in [0.2, 0.25) is 15.1 Å². The summed E-state index contributed by atoms with van der Waals surface area (Å²) in [6.07, 6.45) is 0.